The molecule has 2 aromatic carbocycles. The molecule has 0 bridgehead atoms. The molecular weight excluding hydrogens is 915 g/mol. The van der Waals surface area contributed by atoms with Crippen molar-refractivity contribution in [1.82, 2.24) is 40.4 Å². The van der Waals surface area contributed by atoms with Crippen LogP contribution in [0.1, 0.15) is 88.2 Å². The Morgan fingerprint density at radius 3 is 1.45 bits per heavy atom. The van der Waals surface area contributed by atoms with Crippen LogP contribution in [-0.2, 0) is 32.3 Å². The van der Waals surface area contributed by atoms with Gasteiger partial charge in [-0.1, -0.05) is 63.7 Å². The van der Waals surface area contributed by atoms with Crippen LogP contribution in [0.2, 0.25) is 10.3 Å². The van der Waals surface area contributed by atoms with Crippen LogP contribution in [0.3, 0.4) is 0 Å². The zero-order valence-corrected chi connectivity index (χ0v) is 38.3. The van der Waals surface area contributed by atoms with E-state index < -0.39 is 97.8 Å². The fourth-order valence-electron chi connectivity index (χ4n) is 9.09. The SMILES string of the molecule is CC[C@H](C)[C@H](NC(=O)OC)C(=O)N1CC(F)(F)C[C@H]1c1nc(Cl)c(-c2cc3c4c(c2)OCc2cc(-c5[nH]c([C@@H]6CC(F)(F)CN6C(=O)[C@@H](NC(=O)OC)[C@@H](C)CC)nc5Cl)cc(c2-4)OC3)[nH]1. The number of aromatic nitrogens is 4. The zero-order valence-electron chi connectivity index (χ0n) is 36.8. The molecule has 6 heterocycles. The maximum absolute atomic E-state index is 15.1. The highest BCUT2D eigenvalue weighted by Crippen LogP contribution is 2.52. The van der Waals surface area contributed by atoms with Gasteiger partial charge in [0.25, 0.3) is 11.8 Å². The number of halogens is 6. The second-order valence-corrected chi connectivity index (χ2v) is 18.0. The number of alkyl carbamates (subject to hydrolysis) is 2. The molecule has 0 aliphatic carbocycles. The summed E-state index contributed by atoms with van der Waals surface area (Å²) in [4.78, 5) is 69.0. The first-order valence-electron chi connectivity index (χ1n) is 21.4. The fourth-order valence-corrected chi connectivity index (χ4v) is 9.58. The van der Waals surface area contributed by atoms with Crippen molar-refractivity contribution >= 4 is 47.2 Å². The van der Waals surface area contributed by atoms with Gasteiger partial charge in [0.15, 0.2) is 10.3 Å². The topological polar surface area (TPSA) is 193 Å². The number of aromatic amines is 2. The average molecular weight is 964 g/mol. The van der Waals surface area contributed by atoms with Gasteiger partial charge >= 0.3 is 12.2 Å². The smallest absolute Gasteiger partial charge is 0.407 e. The van der Waals surface area contributed by atoms with Crippen molar-refractivity contribution in [1.29, 1.82) is 0 Å². The predicted octanol–water partition coefficient (Wildman–Crippen LogP) is 8.58. The van der Waals surface area contributed by atoms with Crippen molar-refractivity contribution in [2.24, 2.45) is 11.8 Å². The van der Waals surface area contributed by atoms with Crippen LogP contribution in [0.25, 0.3) is 33.6 Å². The molecule has 4 aliphatic heterocycles. The number of hydrogen-bond acceptors (Lipinski definition) is 10. The van der Waals surface area contributed by atoms with Gasteiger partial charge in [0.05, 0.1) is 50.8 Å². The summed E-state index contributed by atoms with van der Waals surface area (Å²) in [5.41, 5.74) is 4.58. The number of carbonyl (C=O) groups is 4. The normalized spacial score (nSPS) is 20.6. The van der Waals surface area contributed by atoms with Crippen molar-refractivity contribution in [3.05, 3.63) is 57.3 Å². The second-order valence-electron chi connectivity index (χ2n) is 17.3. The highest BCUT2D eigenvalue weighted by atomic mass is 35.5. The summed E-state index contributed by atoms with van der Waals surface area (Å²) in [6, 6.07) is 2.48. The Labute approximate surface area is 386 Å². The van der Waals surface area contributed by atoms with Gasteiger partial charge in [-0.15, -0.1) is 0 Å². The molecule has 0 spiro atoms. The van der Waals surface area contributed by atoms with E-state index in [0.717, 1.165) is 46.3 Å². The first kappa shape index (κ1) is 46.8. The van der Waals surface area contributed by atoms with Crippen LogP contribution in [0.4, 0.5) is 27.2 Å². The van der Waals surface area contributed by atoms with Crippen molar-refractivity contribution in [3.63, 3.8) is 0 Å². The average Bonchev–Trinajstić information content (AvgIpc) is 4.06. The van der Waals surface area contributed by atoms with Gasteiger partial charge in [0.2, 0.25) is 11.8 Å². The third-order valence-corrected chi connectivity index (χ3v) is 13.5. The number of likely N-dealkylation sites (tertiary alicyclic amines) is 2. The first-order valence-corrected chi connectivity index (χ1v) is 22.2. The van der Waals surface area contributed by atoms with Crippen molar-refractivity contribution in [3.8, 4) is 45.1 Å². The number of methoxy groups -OCH3 is 2. The standard InChI is InChI=1S/C44H48Cl2F4N8O8/c1-7-19(3)31(53-41(61)63-5)39(59)57-17-43(47,48)13-25(57)37-51-33(35(45)55-37)21-9-23-15-66-28-12-22(10-24-16-65-27(11-21)29(23)30(24)28)34-36(46)56-38(52-34)26-14-44(49,50)18-58(26)40(60)32(20(4)8-2)54-42(62)64-6/h9-12,19-20,25-26,31-32H,7-8,13-18H2,1-6H3,(H,51,55)(H,52,56)(H,53,61)(H,54,62)/t19-,20-,25-,26-,31-,32-/m0/s1. The van der Waals surface area contributed by atoms with Gasteiger partial charge in [0, 0.05) is 46.2 Å². The van der Waals surface area contributed by atoms with E-state index in [4.69, 9.17) is 42.1 Å². The summed E-state index contributed by atoms with van der Waals surface area (Å²) >= 11 is 13.4. The molecule has 4 N–H and O–H groups in total. The van der Waals surface area contributed by atoms with Crippen LogP contribution >= 0.6 is 23.2 Å². The highest BCUT2D eigenvalue weighted by Gasteiger charge is 2.52. The third-order valence-electron chi connectivity index (χ3n) is 12.9. The molecule has 22 heteroatoms. The lowest BCUT2D eigenvalue weighted by molar-refractivity contribution is -0.137. The molecule has 0 saturated carbocycles. The lowest BCUT2D eigenvalue weighted by atomic mass is 9.87. The van der Waals surface area contributed by atoms with Gasteiger partial charge in [0.1, 0.15) is 48.4 Å². The molecule has 6 atom stereocenters. The molecule has 8 rings (SSSR count). The molecule has 2 fully saturated rings. The molecule has 0 unspecified atom stereocenters. The quantitative estimate of drug-likeness (QED) is 0.100. The van der Waals surface area contributed by atoms with Gasteiger partial charge in [-0.2, -0.15) is 0 Å². The molecule has 4 amide bonds. The molecule has 4 aromatic rings. The largest absolute Gasteiger partial charge is 0.488 e. The minimum Gasteiger partial charge on any atom is -0.488 e. The van der Waals surface area contributed by atoms with E-state index in [2.05, 4.69) is 30.6 Å². The van der Waals surface area contributed by atoms with Gasteiger partial charge in [-0.05, 0) is 36.1 Å². The number of nitrogens with zero attached hydrogens (tertiary/aromatic N) is 4. The summed E-state index contributed by atoms with van der Waals surface area (Å²) in [5, 5.41) is 4.94. The summed E-state index contributed by atoms with van der Waals surface area (Å²) in [6.45, 7) is 5.45. The first-order chi connectivity index (χ1) is 31.3. The van der Waals surface area contributed by atoms with Gasteiger partial charge in [-0.25, -0.2) is 37.1 Å². The Bertz CT molecular complexity index is 2370. The van der Waals surface area contributed by atoms with Crippen molar-refractivity contribution in [2.45, 2.75) is 103 Å². The number of hydrogen-bond donors (Lipinski definition) is 4. The number of ether oxygens (including phenoxy) is 4. The Balaban J connectivity index is 1.07. The van der Waals surface area contributed by atoms with Crippen LogP contribution < -0.4 is 20.1 Å². The number of H-pyrrole nitrogens is 2. The minimum absolute atomic E-state index is 0.0259. The molecule has 16 nitrogen and oxygen atoms in total. The molecule has 2 aromatic heterocycles. The van der Waals surface area contributed by atoms with E-state index in [0.29, 0.717) is 46.9 Å². The Morgan fingerprint density at radius 1 is 0.727 bits per heavy atom. The Hall–Kier alpha value is -5.76. The molecule has 4 aliphatic rings. The summed E-state index contributed by atoms with van der Waals surface area (Å²) in [7, 11) is 2.29. The van der Waals surface area contributed by atoms with Crippen LogP contribution in [-0.4, -0.2) is 105 Å². The van der Waals surface area contributed by atoms with E-state index in [-0.39, 0.29) is 35.2 Å². The van der Waals surface area contributed by atoms with Gasteiger partial charge in [-0.3, -0.25) is 9.59 Å². The Kier molecular flexibility index (Phi) is 12.6. The molecule has 2 saturated heterocycles. The number of benzene rings is 2. The monoisotopic (exact) mass is 962 g/mol. The number of carbonyl (C=O) groups excluding carboxylic acids is 4. The lowest BCUT2D eigenvalue weighted by Crippen LogP contribution is -2.52. The van der Waals surface area contributed by atoms with Crippen molar-refractivity contribution in [2.75, 3.05) is 27.3 Å². The van der Waals surface area contributed by atoms with Gasteiger partial charge < -0.3 is 49.3 Å². The van der Waals surface area contributed by atoms with Crippen molar-refractivity contribution < 1.29 is 55.7 Å². The third kappa shape index (κ3) is 8.68. The summed E-state index contributed by atoms with van der Waals surface area (Å²) < 4.78 is 82.4. The van der Waals surface area contributed by atoms with Crippen LogP contribution in [0.5, 0.6) is 11.5 Å². The molecule has 66 heavy (non-hydrogen) atoms. The van der Waals surface area contributed by atoms with E-state index in [1.165, 1.54) is 0 Å². The van der Waals surface area contributed by atoms with E-state index in [1.807, 2.05) is 26.0 Å². The predicted molar refractivity (Wildman–Crippen MR) is 231 cm³/mol. The van der Waals surface area contributed by atoms with Crippen LogP contribution in [0, 0.1) is 11.8 Å². The number of rotatable bonds is 12. The van der Waals surface area contributed by atoms with E-state index in [1.54, 1.807) is 26.0 Å². The van der Waals surface area contributed by atoms with Crippen LogP contribution in [0.15, 0.2) is 24.3 Å². The lowest BCUT2D eigenvalue weighted by Gasteiger charge is -2.30. The number of alkyl halides is 4. The number of imidazole rings is 2. The summed E-state index contributed by atoms with van der Waals surface area (Å²) in [6.07, 6.45) is -2.24. The number of amides is 4. The minimum atomic E-state index is -3.25. The zero-order chi connectivity index (χ0) is 47.6. The fraction of sp³-hybridized carbons (Fsp3) is 0.500. The molecule has 354 valence electrons. The maximum Gasteiger partial charge on any atom is 0.407 e. The number of nitrogens with one attached hydrogen (secondary N) is 4. The molecular formula is C44H48Cl2F4N8O8. The maximum atomic E-state index is 15.1. The highest BCUT2D eigenvalue weighted by molar-refractivity contribution is 6.32. The molecule has 0 radical (unpaired) electrons. The second kappa shape index (κ2) is 17.8. The summed E-state index contributed by atoms with van der Waals surface area (Å²) in [5.74, 6) is -7.66. The van der Waals surface area contributed by atoms with E-state index in [9.17, 15) is 19.2 Å². The Morgan fingerprint density at radius 2 is 1.11 bits per heavy atom. The van der Waals surface area contributed by atoms with E-state index >= 15 is 17.6 Å².